The molecule has 0 unspecified atom stereocenters. The van der Waals surface area contributed by atoms with E-state index in [4.69, 9.17) is 26.5 Å². The molecule has 1 aromatic heterocycles. The number of allylic oxidation sites excluding steroid dienone is 2. The molecule has 4 N–H and O–H groups in total. The van der Waals surface area contributed by atoms with Gasteiger partial charge in [-0.2, -0.15) is 0 Å². The van der Waals surface area contributed by atoms with Crippen LogP contribution in [0.3, 0.4) is 0 Å². The Labute approximate surface area is 259 Å². The first kappa shape index (κ1) is 34.1. The van der Waals surface area contributed by atoms with Crippen LogP contribution in [0.5, 0.6) is 11.5 Å². The van der Waals surface area contributed by atoms with Crippen LogP contribution in [0.25, 0.3) is 11.6 Å². The van der Waals surface area contributed by atoms with Crippen molar-refractivity contribution in [2.45, 2.75) is 71.3 Å². The number of hydrogen-bond donors (Lipinski definition) is 4. The molecule has 0 bridgehead atoms. The van der Waals surface area contributed by atoms with Gasteiger partial charge in [-0.25, -0.2) is 4.79 Å². The monoisotopic (exact) mass is 624 g/mol. The average Bonchev–Trinajstić information content (AvgIpc) is 2.94. The zero-order chi connectivity index (χ0) is 32.4. The Kier molecular flexibility index (Phi) is 12.4. The summed E-state index contributed by atoms with van der Waals surface area (Å²) in [7, 11) is 0. The van der Waals surface area contributed by atoms with Gasteiger partial charge in [-0.15, -0.1) is 0 Å². The van der Waals surface area contributed by atoms with Gasteiger partial charge in [0.05, 0.1) is 23.5 Å². The number of fused-ring (bicyclic) bond motifs is 1. The van der Waals surface area contributed by atoms with Gasteiger partial charge in [0, 0.05) is 29.3 Å². The third-order valence-electron chi connectivity index (χ3n) is 7.00. The van der Waals surface area contributed by atoms with Gasteiger partial charge in [0.2, 0.25) is 5.76 Å². The number of rotatable bonds is 16. The van der Waals surface area contributed by atoms with Crippen LogP contribution < -0.4 is 20.8 Å². The number of aliphatic carboxylic acids is 1. The third kappa shape index (κ3) is 9.08. The number of phenolic OH excluding ortho intramolecular Hbond substituents is 1. The molecule has 0 spiro atoms. The molecule has 0 amide bonds. The lowest BCUT2D eigenvalue weighted by Crippen LogP contribution is -2.44. The SMILES string of the molecule is CCCc1c(OCC/C=C\C=C(/C[C@H](O)CCCC(=O)O)C2=c3c(=O)cc(C(=O)O)oc3=CC(=S)C2)ccc(C(C)=O)c1O. The first-order valence-corrected chi connectivity index (χ1v) is 14.7. The van der Waals surface area contributed by atoms with Gasteiger partial charge >= 0.3 is 11.9 Å². The minimum Gasteiger partial charge on any atom is -0.507 e. The van der Waals surface area contributed by atoms with Crippen molar-refractivity contribution >= 4 is 46.5 Å². The van der Waals surface area contributed by atoms with Gasteiger partial charge in [0.25, 0.3) is 0 Å². The zero-order valence-electron chi connectivity index (χ0n) is 24.6. The number of carbonyl (C=O) groups is 3. The van der Waals surface area contributed by atoms with E-state index in [-0.39, 0.29) is 66.4 Å². The fraction of sp³-hybridized carbons (Fsp3) is 0.364. The smallest absolute Gasteiger partial charge is 0.371 e. The number of thiocarbonyl (C=S) groups is 1. The van der Waals surface area contributed by atoms with Gasteiger partial charge in [0.15, 0.2) is 11.2 Å². The van der Waals surface area contributed by atoms with Crippen LogP contribution in [0.15, 0.2) is 51.2 Å². The number of aliphatic hydroxyl groups is 1. The molecule has 1 aromatic carbocycles. The highest BCUT2D eigenvalue weighted by atomic mass is 32.1. The Morgan fingerprint density at radius 2 is 1.95 bits per heavy atom. The summed E-state index contributed by atoms with van der Waals surface area (Å²) in [4.78, 5) is 47.6. The Hall–Kier alpha value is -4.35. The summed E-state index contributed by atoms with van der Waals surface area (Å²) in [6.07, 6.45) is 8.29. The van der Waals surface area contributed by atoms with E-state index in [1.807, 2.05) is 13.0 Å². The van der Waals surface area contributed by atoms with Crippen LogP contribution in [0, 0.1) is 0 Å². The summed E-state index contributed by atoms with van der Waals surface area (Å²) in [6.45, 7) is 3.62. The molecule has 10 nitrogen and oxygen atoms in total. The standard InChI is InChI=1S/C33H36O10S/c1-3-8-24-27(13-12-23(19(2)34)32(24)39)42-14-6-4-5-9-20(15-21(35)10-7-11-30(37)38)25-16-22(44)17-28-31(25)26(36)18-29(43-28)33(40)41/h4-5,9,12-13,17-18,21,35,39H,3,6-8,10-11,14-16H2,1-2H3,(H,37,38)(H,40,41)/b5-4-,20-9+/t21-/m1/s1. The van der Waals surface area contributed by atoms with Crippen molar-refractivity contribution in [3.8, 4) is 11.5 Å². The molecule has 1 aliphatic rings. The molecule has 3 rings (SSSR count). The van der Waals surface area contributed by atoms with Gasteiger partial charge < -0.3 is 29.6 Å². The van der Waals surface area contributed by atoms with Crippen LogP contribution in [0.4, 0.5) is 0 Å². The Bertz CT molecular complexity index is 1680. The maximum absolute atomic E-state index is 13.0. The average molecular weight is 625 g/mol. The van der Waals surface area contributed by atoms with E-state index in [1.165, 1.54) is 19.1 Å². The van der Waals surface area contributed by atoms with E-state index in [0.29, 0.717) is 40.2 Å². The highest BCUT2D eigenvalue weighted by molar-refractivity contribution is 7.81. The van der Waals surface area contributed by atoms with E-state index < -0.39 is 29.2 Å². The van der Waals surface area contributed by atoms with Crippen molar-refractivity contribution in [2.75, 3.05) is 6.61 Å². The number of phenols is 1. The number of aromatic carboxylic acids is 1. The minimum atomic E-state index is -1.39. The normalized spacial score (nSPS) is 13.8. The van der Waals surface area contributed by atoms with Crippen molar-refractivity contribution in [2.24, 2.45) is 0 Å². The molecular weight excluding hydrogens is 588 g/mol. The van der Waals surface area contributed by atoms with E-state index in [0.717, 1.165) is 12.5 Å². The van der Waals surface area contributed by atoms with Crippen LogP contribution in [0.2, 0.25) is 0 Å². The molecule has 0 radical (unpaired) electrons. The summed E-state index contributed by atoms with van der Waals surface area (Å²) in [5.41, 5.74) is 1.38. The fourth-order valence-electron chi connectivity index (χ4n) is 4.93. The molecule has 11 heteroatoms. The first-order chi connectivity index (χ1) is 20.9. The third-order valence-corrected chi connectivity index (χ3v) is 7.26. The number of hydrogen-bond acceptors (Lipinski definition) is 9. The van der Waals surface area contributed by atoms with Crippen LogP contribution in [0.1, 0.15) is 85.3 Å². The molecule has 234 valence electrons. The second kappa shape index (κ2) is 15.9. The number of ether oxygens (including phenoxy) is 1. The molecule has 1 heterocycles. The van der Waals surface area contributed by atoms with Crippen molar-refractivity contribution in [1.29, 1.82) is 0 Å². The maximum Gasteiger partial charge on any atom is 0.371 e. The Morgan fingerprint density at radius 1 is 1.20 bits per heavy atom. The number of carboxylic acids is 2. The number of carbonyl (C=O) groups excluding carboxylic acids is 1. The Balaban J connectivity index is 1.89. The second-order valence-corrected chi connectivity index (χ2v) is 11.0. The summed E-state index contributed by atoms with van der Waals surface area (Å²) < 4.78 is 11.4. The molecule has 0 saturated heterocycles. The van der Waals surface area contributed by atoms with Crippen LogP contribution in [-0.4, -0.2) is 55.7 Å². The molecule has 2 aromatic rings. The number of ketones is 1. The van der Waals surface area contributed by atoms with Gasteiger partial charge in [-0.1, -0.05) is 43.8 Å². The lowest BCUT2D eigenvalue weighted by atomic mass is 9.90. The highest BCUT2D eigenvalue weighted by Gasteiger charge is 2.21. The van der Waals surface area contributed by atoms with Crippen molar-refractivity contribution < 1.29 is 44.0 Å². The van der Waals surface area contributed by atoms with E-state index in [9.17, 15) is 34.5 Å². The molecular formula is C33H36O10S. The molecule has 44 heavy (non-hydrogen) atoms. The van der Waals surface area contributed by atoms with E-state index in [1.54, 1.807) is 18.2 Å². The number of aromatic hydroxyl groups is 1. The molecule has 0 fully saturated rings. The Morgan fingerprint density at radius 3 is 2.61 bits per heavy atom. The fourth-order valence-corrected chi connectivity index (χ4v) is 5.18. The predicted molar refractivity (Wildman–Crippen MR) is 168 cm³/mol. The second-order valence-electron chi connectivity index (χ2n) is 10.4. The summed E-state index contributed by atoms with van der Waals surface area (Å²) in [6, 6.07) is 4.12. The van der Waals surface area contributed by atoms with Crippen LogP contribution >= 0.6 is 12.2 Å². The number of benzene rings is 1. The predicted octanol–water partition coefficient (Wildman–Crippen LogP) is 3.86. The van der Waals surface area contributed by atoms with E-state index >= 15 is 0 Å². The zero-order valence-corrected chi connectivity index (χ0v) is 25.4. The summed E-state index contributed by atoms with van der Waals surface area (Å²) in [5.74, 6) is -2.68. The number of carboxylic acid groups (broad SMARTS) is 2. The quantitative estimate of drug-likeness (QED) is 0.0925. The molecule has 0 saturated carbocycles. The summed E-state index contributed by atoms with van der Waals surface area (Å²) >= 11 is 5.41. The summed E-state index contributed by atoms with van der Waals surface area (Å²) in [5, 5.41) is 39.7. The molecule has 1 aliphatic carbocycles. The van der Waals surface area contributed by atoms with Gasteiger partial charge in [-0.3, -0.25) is 14.4 Å². The van der Waals surface area contributed by atoms with E-state index in [2.05, 4.69) is 0 Å². The largest absolute Gasteiger partial charge is 0.507 e. The molecule has 1 atom stereocenters. The molecule has 0 aliphatic heterocycles. The maximum atomic E-state index is 13.0. The first-order valence-electron chi connectivity index (χ1n) is 14.3. The lowest BCUT2D eigenvalue weighted by molar-refractivity contribution is -0.137. The lowest BCUT2D eigenvalue weighted by Gasteiger charge is -2.18. The van der Waals surface area contributed by atoms with Crippen LogP contribution in [-0.2, 0) is 11.2 Å². The topological polar surface area (TPSA) is 172 Å². The highest BCUT2D eigenvalue weighted by Crippen LogP contribution is 2.33. The van der Waals surface area contributed by atoms with Crippen molar-refractivity contribution in [3.63, 3.8) is 0 Å². The number of Topliss-reactive ketones (excluding diaryl/α,β-unsaturated/α-hetero) is 1. The van der Waals surface area contributed by atoms with Crippen molar-refractivity contribution in [1.82, 2.24) is 0 Å². The van der Waals surface area contributed by atoms with Gasteiger partial charge in [-0.05, 0) is 68.4 Å². The van der Waals surface area contributed by atoms with Gasteiger partial charge in [0.1, 0.15) is 16.9 Å². The minimum absolute atomic E-state index is 0.0340. The number of aliphatic hydroxyl groups excluding tert-OH is 1. The van der Waals surface area contributed by atoms with Crippen molar-refractivity contribution in [3.05, 3.63) is 79.7 Å².